The largest absolute Gasteiger partial charge is 0.487 e. The van der Waals surface area contributed by atoms with Crippen molar-refractivity contribution in [1.29, 1.82) is 0 Å². The second-order valence-electron chi connectivity index (χ2n) is 4.86. The fourth-order valence-electron chi connectivity index (χ4n) is 1.82. The van der Waals surface area contributed by atoms with Gasteiger partial charge in [0.2, 0.25) is 0 Å². The van der Waals surface area contributed by atoms with Crippen LogP contribution in [0.25, 0.3) is 0 Å². The molecule has 1 aromatic carbocycles. The number of nitro groups is 1. The van der Waals surface area contributed by atoms with Crippen LogP contribution in [0.1, 0.15) is 26.7 Å². The second-order valence-corrected chi connectivity index (χ2v) is 4.86. The zero-order valence-corrected chi connectivity index (χ0v) is 12.3. The molecule has 0 radical (unpaired) electrons. The number of nitrogens with one attached hydrogen (secondary N) is 1. The first-order valence-corrected chi connectivity index (χ1v) is 6.93. The summed E-state index contributed by atoms with van der Waals surface area (Å²) in [4.78, 5) is 10.5. The lowest BCUT2D eigenvalue weighted by atomic mass is 9.98. The summed E-state index contributed by atoms with van der Waals surface area (Å²) in [5.41, 5.74) is -0.418. The number of hydrogen-bond donors (Lipinski definition) is 3. The molecule has 21 heavy (non-hydrogen) atoms. The van der Waals surface area contributed by atoms with Crippen molar-refractivity contribution < 1.29 is 19.9 Å². The fourth-order valence-corrected chi connectivity index (χ4v) is 1.82. The number of ether oxygens (including phenoxy) is 1. The number of aliphatic hydroxyl groups is 2. The van der Waals surface area contributed by atoms with Crippen LogP contribution < -0.4 is 10.1 Å². The highest BCUT2D eigenvalue weighted by molar-refractivity contribution is 5.59. The van der Waals surface area contributed by atoms with Gasteiger partial charge in [0.25, 0.3) is 0 Å². The maximum Gasteiger partial charge on any atom is 0.311 e. The van der Waals surface area contributed by atoms with Crippen LogP contribution in [-0.2, 0) is 0 Å². The first-order valence-electron chi connectivity index (χ1n) is 6.93. The average Bonchev–Trinajstić information content (AvgIpc) is 2.50. The van der Waals surface area contributed by atoms with E-state index in [2.05, 4.69) is 5.32 Å². The summed E-state index contributed by atoms with van der Waals surface area (Å²) in [5, 5.41) is 32.9. The van der Waals surface area contributed by atoms with Gasteiger partial charge in [-0.15, -0.1) is 0 Å². The first-order chi connectivity index (χ1) is 10.0. The third-order valence-corrected chi connectivity index (χ3v) is 3.31. The van der Waals surface area contributed by atoms with Crippen molar-refractivity contribution in [1.82, 2.24) is 0 Å². The van der Waals surface area contributed by atoms with Crippen molar-refractivity contribution in [3.63, 3.8) is 0 Å². The molecule has 0 fully saturated rings. The molecule has 0 aliphatic carbocycles. The van der Waals surface area contributed by atoms with E-state index in [-0.39, 0.29) is 24.7 Å². The molecule has 0 spiro atoms. The minimum Gasteiger partial charge on any atom is -0.487 e. The van der Waals surface area contributed by atoms with Crippen LogP contribution in [0.2, 0.25) is 0 Å². The van der Waals surface area contributed by atoms with Crippen molar-refractivity contribution in [2.24, 2.45) is 0 Å². The van der Waals surface area contributed by atoms with E-state index < -0.39 is 10.5 Å². The smallest absolute Gasteiger partial charge is 0.311 e. The molecule has 0 saturated heterocycles. The Morgan fingerprint density at radius 3 is 2.48 bits per heavy atom. The number of hydrogen-bond acceptors (Lipinski definition) is 6. The summed E-state index contributed by atoms with van der Waals surface area (Å²) < 4.78 is 5.40. The molecule has 0 amide bonds. The van der Waals surface area contributed by atoms with Gasteiger partial charge in [-0.1, -0.05) is 13.8 Å². The van der Waals surface area contributed by atoms with E-state index in [9.17, 15) is 20.3 Å². The Labute approximate surface area is 123 Å². The average molecular weight is 298 g/mol. The summed E-state index contributed by atoms with van der Waals surface area (Å²) in [5.74, 6) is 0.174. The fraction of sp³-hybridized carbons (Fsp3) is 0.571. The van der Waals surface area contributed by atoms with Crippen molar-refractivity contribution in [3.8, 4) is 5.75 Å². The summed E-state index contributed by atoms with van der Waals surface area (Å²) in [6.45, 7) is 3.63. The van der Waals surface area contributed by atoms with Gasteiger partial charge in [-0.2, -0.15) is 0 Å². The minimum atomic E-state index is -0.863. The van der Waals surface area contributed by atoms with E-state index in [1.165, 1.54) is 18.2 Å². The molecule has 0 aromatic heterocycles. The third-order valence-electron chi connectivity index (χ3n) is 3.31. The van der Waals surface area contributed by atoms with Gasteiger partial charge in [-0.3, -0.25) is 10.1 Å². The van der Waals surface area contributed by atoms with Crippen LogP contribution in [0.15, 0.2) is 18.2 Å². The Morgan fingerprint density at radius 2 is 2.00 bits per heavy atom. The molecule has 0 unspecified atom stereocenters. The van der Waals surface area contributed by atoms with Crippen LogP contribution in [0.3, 0.4) is 0 Å². The standard InChI is InChI=1S/C14H22N2O5/c1-3-7-21-13-8-11(5-6-12(13)16(19)20)15-14(4-2,9-17)10-18/h5-6,8,15,17-18H,3-4,7,9-10H2,1-2H3. The minimum absolute atomic E-state index is 0.107. The zero-order valence-electron chi connectivity index (χ0n) is 12.3. The van der Waals surface area contributed by atoms with Crippen molar-refractivity contribution in [3.05, 3.63) is 28.3 Å². The van der Waals surface area contributed by atoms with Crippen molar-refractivity contribution >= 4 is 11.4 Å². The molecule has 0 aliphatic heterocycles. The highest BCUT2D eigenvalue weighted by Crippen LogP contribution is 2.31. The zero-order chi connectivity index (χ0) is 15.9. The Morgan fingerprint density at radius 1 is 1.33 bits per heavy atom. The molecule has 3 N–H and O–H groups in total. The number of aliphatic hydroxyl groups excluding tert-OH is 2. The van der Waals surface area contributed by atoms with Crippen LogP contribution in [-0.4, -0.2) is 40.5 Å². The van der Waals surface area contributed by atoms with E-state index in [1.807, 2.05) is 13.8 Å². The van der Waals surface area contributed by atoms with Crippen LogP contribution >= 0.6 is 0 Å². The maximum atomic E-state index is 11.0. The van der Waals surface area contributed by atoms with Crippen LogP contribution in [0, 0.1) is 10.1 Å². The molecule has 7 heteroatoms. The maximum absolute atomic E-state index is 11.0. The van der Waals surface area contributed by atoms with Gasteiger partial charge >= 0.3 is 5.69 Å². The highest BCUT2D eigenvalue weighted by Gasteiger charge is 2.27. The van der Waals surface area contributed by atoms with Gasteiger partial charge in [-0.05, 0) is 18.9 Å². The Hall–Kier alpha value is -1.86. The van der Waals surface area contributed by atoms with Gasteiger partial charge < -0.3 is 20.3 Å². The van der Waals surface area contributed by atoms with E-state index >= 15 is 0 Å². The number of nitro benzene ring substituents is 1. The molecule has 0 atom stereocenters. The molecule has 0 saturated carbocycles. The van der Waals surface area contributed by atoms with Gasteiger partial charge in [0.05, 0.1) is 30.3 Å². The number of anilines is 1. The molecule has 118 valence electrons. The molecule has 0 heterocycles. The summed E-state index contributed by atoms with van der Waals surface area (Å²) >= 11 is 0. The number of rotatable bonds is 9. The summed E-state index contributed by atoms with van der Waals surface area (Å²) in [6, 6.07) is 4.40. The molecule has 1 aromatic rings. The summed E-state index contributed by atoms with van der Waals surface area (Å²) in [7, 11) is 0. The van der Waals surface area contributed by atoms with Gasteiger partial charge in [0.15, 0.2) is 5.75 Å². The van der Waals surface area contributed by atoms with E-state index in [1.54, 1.807) is 0 Å². The Bertz CT molecular complexity index is 466. The van der Waals surface area contributed by atoms with Gasteiger partial charge in [-0.25, -0.2) is 0 Å². The predicted molar refractivity (Wildman–Crippen MR) is 79.7 cm³/mol. The lowest BCUT2D eigenvalue weighted by molar-refractivity contribution is -0.385. The SMILES string of the molecule is CCCOc1cc(NC(CC)(CO)CO)ccc1[N+](=O)[O-]. The second kappa shape index (κ2) is 7.80. The Kier molecular flexibility index (Phi) is 6.39. The van der Waals surface area contributed by atoms with Crippen molar-refractivity contribution in [2.75, 3.05) is 25.1 Å². The molecule has 7 nitrogen and oxygen atoms in total. The monoisotopic (exact) mass is 298 g/mol. The van der Waals surface area contributed by atoms with E-state index in [0.717, 1.165) is 6.42 Å². The molecule has 1 rings (SSSR count). The van der Waals surface area contributed by atoms with Crippen molar-refractivity contribution in [2.45, 2.75) is 32.2 Å². The molecule has 0 aliphatic rings. The predicted octanol–water partition coefficient (Wildman–Crippen LogP) is 1.93. The third kappa shape index (κ3) is 4.30. The number of nitrogens with zero attached hydrogens (tertiary/aromatic N) is 1. The molecule has 0 bridgehead atoms. The summed E-state index contributed by atoms with van der Waals surface area (Å²) in [6.07, 6.45) is 1.24. The molecular formula is C14H22N2O5. The molecular weight excluding hydrogens is 276 g/mol. The highest BCUT2D eigenvalue weighted by atomic mass is 16.6. The lowest BCUT2D eigenvalue weighted by Crippen LogP contribution is -2.45. The van der Waals surface area contributed by atoms with E-state index in [4.69, 9.17) is 4.74 Å². The lowest BCUT2D eigenvalue weighted by Gasteiger charge is -2.31. The van der Waals surface area contributed by atoms with E-state index in [0.29, 0.717) is 18.7 Å². The first kappa shape index (κ1) is 17.2. The Balaban J connectivity index is 3.06. The van der Waals surface area contributed by atoms with Gasteiger partial charge in [0, 0.05) is 17.8 Å². The van der Waals surface area contributed by atoms with Gasteiger partial charge in [0.1, 0.15) is 0 Å². The normalized spacial score (nSPS) is 11.2. The van der Waals surface area contributed by atoms with Crippen LogP contribution in [0.4, 0.5) is 11.4 Å². The topological polar surface area (TPSA) is 105 Å². The van der Waals surface area contributed by atoms with Crippen LogP contribution in [0.5, 0.6) is 5.75 Å². The number of benzene rings is 1. The quantitative estimate of drug-likeness (QED) is 0.475.